The zero-order chi connectivity index (χ0) is 8.53. The first-order valence-corrected chi connectivity index (χ1v) is 4.37. The van der Waals surface area contributed by atoms with Crippen molar-refractivity contribution in [2.45, 2.75) is 39.4 Å². The van der Waals surface area contributed by atoms with Crippen LogP contribution in [0.15, 0.2) is 0 Å². The highest BCUT2D eigenvalue weighted by Gasteiger charge is 2.03. The van der Waals surface area contributed by atoms with Gasteiger partial charge in [-0.3, -0.25) is 0 Å². The fourth-order valence-electron chi connectivity index (χ4n) is 0.760. The first kappa shape index (κ1) is 10.9. The SMILES string of the molecule is [CH2]CC(OCC)OCCCC. The molecule has 67 valence electrons. The highest BCUT2D eigenvalue weighted by molar-refractivity contribution is 4.46. The Kier molecular flexibility index (Phi) is 7.96. The van der Waals surface area contributed by atoms with Gasteiger partial charge >= 0.3 is 0 Å². The molecule has 1 unspecified atom stereocenters. The van der Waals surface area contributed by atoms with Crippen LogP contribution in [0.4, 0.5) is 0 Å². The summed E-state index contributed by atoms with van der Waals surface area (Å²) in [6, 6.07) is 0. The van der Waals surface area contributed by atoms with Gasteiger partial charge in [-0.25, -0.2) is 0 Å². The summed E-state index contributed by atoms with van der Waals surface area (Å²) in [4.78, 5) is 0. The maximum atomic E-state index is 5.39. The minimum Gasteiger partial charge on any atom is -0.353 e. The van der Waals surface area contributed by atoms with E-state index in [-0.39, 0.29) is 6.29 Å². The number of rotatable bonds is 7. The van der Waals surface area contributed by atoms with E-state index in [1.54, 1.807) is 0 Å². The smallest absolute Gasteiger partial charge is 0.157 e. The molecule has 0 bridgehead atoms. The van der Waals surface area contributed by atoms with Crippen LogP contribution in [-0.2, 0) is 9.47 Å². The third kappa shape index (κ3) is 6.32. The molecule has 0 aliphatic rings. The molecule has 0 aromatic rings. The van der Waals surface area contributed by atoms with Crippen molar-refractivity contribution in [1.29, 1.82) is 0 Å². The molecule has 0 saturated heterocycles. The van der Waals surface area contributed by atoms with Crippen molar-refractivity contribution in [3.8, 4) is 0 Å². The van der Waals surface area contributed by atoms with E-state index in [0.717, 1.165) is 19.4 Å². The third-order valence-electron chi connectivity index (χ3n) is 1.39. The fourth-order valence-corrected chi connectivity index (χ4v) is 0.760. The van der Waals surface area contributed by atoms with Crippen LogP contribution in [0.3, 0.4) is 0 Å². The van der Waals surface area contributed by atoms with E-state index in [9.17, 15) is 0 Å². The maximum absolute atomic E-state index is 5.39. The van der Waals surface area contributed by atoms with Crippen molar-refractivity contribution in [2.75, 3.05) is 13.2 Å². The predicted molar refractivity (Wildman–Crippen MR) is 46.2 cm³/mol. The fraction of sp³-hybridized carbons (Fsp3) is 0.889. The maximum Gasteiger partial charge on any atom is 0.157 e. The Morgan fingerprint density at radius 2 is 2.00 bits per heavy atom. The minimum absolute atomic E-state index is 0.0912. The van der Waals surface area contributed by atoms with Gasteiger partial charge < -0.3 is 9.47 Å². The van der Waals surface area contributed by atoms with Crippen LogP contribution >= 0.6 is 0 Å². The van der Waals surface area contributed by atoms with E-state index in [0.29, 0.717) is 13.0 Å². The quantitative estimate of drug-likeness (QED) is 0.419. The first-order valence-electron chi connectivity index (χ1n) is 4.37. The molecule has 2 heteroatoms. The number of ether oxygens (including phenoxy) is 2. The molecule has 0 amide bonds. The summed E-state index contributed by atoms with van der Waals surface area (Å²) in [5.41, 5.74) is 0. The van der Waals surface area contributed by atoms with Gasteiger partial charge in [0.1, 0.15) is 0 Å². The molecule has 0 aromatic heterocycles. The molecular formula is C9H19O2. The minimum atomic E-state index is -0.0912. The average molecular weight is 159 g/mol. The second-order valence-corrected chi connectivity index (χ2v) is 2.40. The second-order valence-electron chi connectivity index (χ2n) is 2.40. The van der Waals surface area contributed by atoms with Crippen LogP contribution < -0.4 is 0 Å². The molecular weight excluding hydrogens is 140 g/mol. The zero-order valence-electron chi connectivity index (χ0n) is 7.64. The van der Waals surface area contributed by atoms with Crippen molar-refractivity contribution >= 4 is 0 Å². The van der Waals surface area contributed by atoms with Crippen LogP contribution in [0.25, 0.3) is 0 Å². The Bertz CT molecular complexity index is 74.0. The van der Waals surface area contributed by atoms with Gasteiger partial charge in [-0.1, -0.05) is 13.3 Å². The molecule has 0 aromatic carbocycles. The lowest BCUT2D eigenvalue weighted by Gasteiger charge is -2.15. The van der Waals surface area contributed by atoms with Gasteiger partial charge in [-0.15, -0.1) is 0 Å². The number of hydrogen-bond acceptors (Lipinski definition) is 2. The van der Waals surface area contributed by atoms with Crippen LogP contribution in [0.2, 0.25) is 0 Å². The summed E-state index contributed by atoms with van der Waals surface area (Å²) in [7, 11) is 0. The van der Waals surface area contributed by atoms with Gasteiger partial charge in [0.25, 0.3) is 0 Å². The molecule has 0 rings (SSSR count). The van der Waals surface area contributed by atoms with Crippen molar-refractivity contribution in [2.24, 2.45) is 0 Å². The largest absolute Gasteiger partial charge is 0.353 e. The van der Waals surface area contributed by atoms with Crippen molar-refractivity contribution in [1.82, 2.24) is 0 Å². The molecule has 11 heavy (non-hydrogen) atoms. The topological polar surface area (TPSA) is 18.5 Å². The Balaban J connectivity index is 3.20. The third-order valence-corrected chi connectivity index (χ3v) is 1.39. The molecule has 0 N–H and O–H groups in total. The summed E-state index contributed by atoms with van der Waals surface area (Å²) < 4.78 is 10.6. The Hall–Kier alpha value is -0.0800. The van der Waals surface area contributed by atoms with E-state index >= 15 is 0 Å². The van der Waals surface area contributed by atoms with Crippen LogP contribution in [-0.4, -0.2) is 19.5 Å². The van der Waals surface area contributed by atoms with Gasteiger partial charge in [0, 0.05) is 13.2 Å². The first-order chi connectivity index (χ1) is 5.35. The molecule has 1 atom stereocenters. The lowest BCUT2D eigenvalue weighted by atomic mass is 10.3. The van der Waals surface area contributed by atoms with Crippen LogP contribution in [0, 0.1) is 6.92 Å². The standard InChI is InChI=1S/C9H19O2/c1-4-7-8-11-9(5-2)10-6-3/h9H,2,4-8H2,1,3H3. The van der Waals surface area contributed by atoms with Gasteiger partial charge in [0.2, 0.25) is 0 Å². The van der Waals surface area contributed by atoms with Gasteiger partial charge in [-0.2, -0.15) is 0 Å². The van der Waals surface area contributed by atoms with Crippen LogP contribution in [0.1, 0.15) is 33.1 Å². The van der Waals surface area contributed by atoms with E-state index in [4.69, 9.17) is 9.47 Å². The molecule has 0 heterocycles. The number of unbranched alkanes of at least 4 members (excludes halogenated alkanes) is 1. The lowest BCUT2D eigenvalue weighted by molar-refractivity contribution is -0.137. The van der Waals surface area contributed by atoms with E-state index in [1.165, 1.54) is 0 Å². The van der Waals surface area contributed by atoms with E-state index in [1.807, 2.05) is 6.92 Å². The predicted octanol–water partition coefficient (Wildman–Crippen LogP) is 2.39. The highest BCUT2D eigenvalue weighted by Crippen LogP contribution is 2.01. The molecule has 0 aliphatic heterocycles. The van der Waals surface area contributed by atoms with Crippen molar-refractivity contribution in [3.05, 3.63) is 6.92 Å². The normalized spacial score (nSPS) is 13.4. The van der Waals surface area contributed by atoms with Gasteiger partial charge in [0.05, 0.1) is 0 Å². The van der Waals surface area contributed by atoms with Crippen molar-refractivity contribution < 1.29 is 9.47 Å². The molecule has 0 spiro atoms. The molecule has 0 aliphatic carbocycles. The highest BCUT2D eigenvalue weighted by atomic mass is 16.7. The van der Waals surface area contributed by atoms with Crippen molar-refractivity contribution in [3.63, 3.8) is 0 Å². The van der Waals surface area contributed by atoms with E-state index < -0.39 is 0 Å². The van der Waals surface area contributed by atoms with E-state index in [2.05, 4.69) is 13.8 Å². The lowest BCUT2D eigenvalue weighted by Crippen LogP contribution is -2.16. The zero-order valence-corrected chi connectivity index (χ0v) is 7.64. The summed E-state index contributed by atoms with van der Waals surface area (Å²) in [5, 5.41) is 0. The second kappa shape index (κ2) is 8.02. The Morgan fingerprint density at radius 3 is 2.45 bits per heavy atom. The number of hydrogen-bond donors (Lipinski definition) is 0. The van der Waals surface area contributed by atoms with Gasteiger partial charge in [0.15, 0.2) is 6.29 Å². The molecule has 1 radical (unpaired) electrons. The summed E-state index contributed by atoms with van der Waals surface area (Å²) in [5.74, 6) is 0. The molecule has 0 saturated carbocycles. The Labute approximate surface area is 69.9 Å². The molecule has 2 nitrogen and oxygen atoms in total. The van der Waals surface area contributed by atoms with Gasteiger partial charge in [-0.05, 0) is 26.7 Å². The Morgan fingerprint density at radius 1 is 1.27 bits per heavy atom. The summed E-state index contributed by atoms with van der Waals surface area (Å²) >= 11 is 0. The van der Waals surface area contributed by atoms with Crippen LogP contribution in [0.5, 0.6) is 0 Å². The summed E-state index contributed by atoms with van der Waals surface area (Å²) in [6.07, 6.45) is 2.86. The molecule has 0 fully saturated rings. The summed E-state index contributed by atoms with van der Waals surface area (Å²) in [6.45, 7) is 9.33. The monoisotopic (exact) mass is 159 g/mol. The average Bonchev–Trinajstić information content (AvgIpc) is 2.03.